The zero-order valence-electron chi connectivity index (χ0n) is 10.4. The minimum atomic E-state index is -0.951. The molecule has 0 amide bonds. The maximum absolute atomic E-state index is 11.0. The molecular weight excluding hydrogens is 298 g/mol. The Bertz CT molecular complexity index is 485. The molecule has 0 aliphatic carbocycles. The molecule has 18 heavy (non-hydrogen) atoms. The first-order valence-corrected chi connectivity index (χ1v) is 6.62. The highest BCUT2D eigenvalue weighted by molar-refractivity contribution is 9.10. The molecule has 0 bridgehead atoms. The van der Waals surface area contributed by atoms with Gasteiger partial charge in [-0.2, -0.15) is 0 Å². The molecule has 2 rings (SSSR count). The lowest BCUT2D eigenvalue weighted by Gasteiger charge is -2.21. The van der Waals surface area contributed by atoms with Crippen LogP contribution < -0.4 is 10.1 Å². The third-order valence-electron chi connectivity index (χ3n) is 3.08. The van der Waals surface area contributed by atoms with Gasteiger partial charge in [0.1, 0.15) is 11.3 Å². The fourth-order valence-electron chi connectivity index (χ4n) is 1.87. The van der Waals surface area contributed by atoms with E-state index in [1.165, 1.54) is 5.56 Å². The van der Waals surface area contributed by atoms with Crippen LogP contribution in [0.2, 0.25) is 0 Å². The van der Waals surface area contributed by atoms with Gasteiger partial charge in [0.2, 0.25) is 0 Å². The van der Waals surface area contributed by atoms with Gasteiger partial charge in [0.25, 0.3) is 0 Å². The van der Waals surface area contributed by atoms with Crippen LogP contribution in [0.4, 0.5) is 0 Å². The number of benzene rings is 1. The van der Waals surface area contributed by atoms with Crippen molar-refractivity contribution < 1.29 is 14.6 Å². The molecule has 0 aromatic heterocycles. The molecule has 0 saturated carbocycles. The number of aliphatic carboxylic acids is 1. The normalized spacial score (nSPS) is 14.2. The van der Waals surface area contributed by atoms with Crippen LogP contribution in [0.25, 0.3) is 0 Å². The van der Waals surface area contributed by atoms with Crippen LogP contribution in [0, 0.1) is 0 Å². The van der Waals surface area contributed by atoms with Crippen molar-refractivity contribution in [3.8, 4) is 5.75 Å². The van der Waals surface area contributed by atoms with E-state index in [0.29, 0.717) is 13.2 Å². The topological polar surface area (TPSA) is 58.6 Å². The first-order chi connectivity index (χ1) is 8.40. The van der Waals surface area contributed by atoms with E-state index in [4.69, 9.17) is 9.84 Å². The van der Waals surface area contributed by atoms with Crippen LogP contribution in [0.5, 0.6) is 5.75 Å². The molecule has 98 valence electrons. The molecule has 1 aliphatic heterocycles. The van der Waals surface area contributed by atoms with E-state index in [2.05, 4.69) is 21.2 Å². The molecule has 0 atom stereocenters. The van der Waals surface area contributed by atoms with Gasteiger partial charge >= 0.3 is 5.97 Å². The summed E-state index contributed by atoms with van der Waals surface area (Å²) in [7, 11) is 0. The second-order valence-electron chi connectivity index (χ2n) is 4.94. The van der Waals surface area contributed by atoms with Gasteiger partial charge in [-0.1, -0.05) is 15.9 Å². The number of hydrogen-bond donors (Lipinski definition) is 2. The summed E-state index contributed by atoms with van der Waals surface area (Å²) in [4.78, 5) is 11.0. The number of hydrogen-bond acceptors (Lipinski definition) is 3. The molecule has 5 heteroatoms. The van der Waals surface area contributed by atoms with Crippen molar-refractivity contribution in [2.45, 2.75) is 32.4 Å². The summed E-state index contributed by atoms with van der Waals surface area (Å²) in [5.74, 6) is 0.0296. The van der Waals surface area contributed by atoms with E-state index in [9.17, 15) is 4.79 Å². The summed E-state index contributed by atoms with van der Waals surface area (Å²) in [6, 6.07) is 4.02. The van der Waals surface area contributed by atoms with Gasteiger partial charge in [-0.05, 0) is 31.5 Å². The Kier molecular flexibility index (Phi) is 3.64. The maximum atomic E-state index is 11.0. The predicted molar refractivity (Wildman–Crippen MR) is 71.9 cm³/mol. The molecule has 0 fully saturated rings. The van der Waals surface area contributed by atoms with Gasteiger partial charge in [0.05, 0.1) is 6.61 Å². The van der Waals surface area contributed by atoms with Gasteiger partial charge < -0.3 is 9.84 Å². The smallest absolute Gasteiger partial charge is 0.323 e. The lowest BCUT2D eigenvalue weighted by Crippen LogP contribution is -2.46. The van der Waals surface area contributed by atoms with E-state index in [1.54, 1.807) is 13.8 Å². The molecule has 4 nitrogen and oxygen atoms in total. The Morgan fingerprint density at radius 2 is 2.28 bits per heavy atom. The highest BCUT2D eigenvalue weighted by Crippen LogP contribution is 2.33. The number of carbonyl (C=O) groups is 1. The standard InChI is InChI=1S/C13H16BrNO3/c1-13(2,12(16)17)15-7-9-6-10(14)5-8-3-4-18-11(8)9/h5-6,15H,3-4,7H2,1-2H3,(H,16,17). The molecule has 1 heterocycles. The minimum Gasteiger partial charge on any atom is -0.493 e. The first kappa shape index (κ1) is 13.4. The monoisotopic (exact) mass is 313 g/mol. The predicted octanol–water partition coefficient (Wildman–Crippen LogP) is 2.34. The first-order valence-electron chi connectivity index (χ1n) is 5.82. The van der Waals surface area contributed by atoms with Crippen molar-refractivity contribution in [3.63, 3.8) is 0 Å². The summed E-state index contributed by atoms with van der Waals surface area (Å²) in [5, 5.41) is 12.1. The average Bonchev–Trinajstić information content (AvgIpc) is 2.73. The molecule has 1 aliphatic rings. The van der Waals surface area contributed by atoms with E-state index in [-0.39, 0.29) is 0 Å². The van der Waals surface area contributed by atoms with Crippen molar-refractivity contribution in [1.82, 2.24) is 5.32 Å². The van der Waals surface area contributed by atoms with Gasteiger partial charge in [0, 0.05) is 23.0 Å². The number of fused-ring (bicyclic) bond motifs is 1. The van der Waals surface area contributed by atoms with E-state index < -0.39 is 11.5 Å². The fourth-order valence-corrected chi connectivity index (χ4v) is 2.42. The van der Waals surface area contributed by atoms with Crippen molar-refractivity contribution in [2.24, 2.45) is 0 Å². The number of carboxylic acid groups (broad SMARTS) is 1. The van der Waals surface area contributed by atoms with E-state index in [0.717, 1.165) is 22.2 Å². The minimum absolute atomic E-state index is 0.473. The summed E-state index contributed by atoms with van der Waals surface area (Å²) in [6.07, 6.45) is 0.907. The van der Waals surface area contributed by atoms with Crippen LogP contribution in [0.15, 0.2) is 16.6 Å². The molecular formula is C13H16BrNO3. The van der Waals surface area contributed by atoms with Gasteiger partial charge in [-0.15, -0.1) is 0 Å². The molecule has 2 N–H and O–H groups in total. The average molecular weight is 314 g/mol. The van der Waals surface area contributed by atoms with Crippen molar-refractivity contribution in [1.29, 1.82) is 0 Å². The molecule has 0 unspecified atom stereocenters. The largest absolute Gasteiger partial charge is 0.493 e. The van der Waals surface area contributed by atoms with Gasteiger partial charge in [-0.25, -0.2) is 0 Å². The fraction of sp³-hybridized carbons (Fsp3) is 0.462. The maximum Gasteiger partial charge on any atom is 0.323 e. The van der Waals surface area contributed by atoms with Crippen LogP contribution >= 0.6 is 15.9 Å². The van der Waals surface area contributed by atoms with Crippen molar-refractivity contribution >= 4 is 21.9 Å². The van der Waals surface area contributed by atoms with E-state index >= 15 is 0 Å². The number of nitrogens with one attached hydrogen (secondary N) is 1. The quantitative estimate of drug-likeness (QED) is 0.895. The Balaban J connectivity index is 2.18. The Morgan fingerprint density at radius 1 is 1.56 bits per heavy atom. The molecule has 1 aromatic rings. The van der Waals surface area contributed by atoms with E-state index in [1.807, 2.05) is 12.1 Å². The number of carboxylic acids is 1. The summed E-state index contributed by atoms with van der Waals surface area (Å²) in [5.41, 5.74) is 1.22. The summed E-state index contributed by atoms with van der Waals surface area (Å²) in [6.45, 7) is 4.46. The third kappa shape index (κ3) is 2.67. The second kappa shape index (κ2) is 4.90. The molecule has 0 saturated heterocycles. The lowest BCUT2D eigenvalue weighted by molar-refractivity contribution is -0.143. The number of rotatable bonds is 4. The molecule has 0 radical (unpaired) electrons. The van der Waals surface area contributed by atoms with Gasteiger partial charge in [-0.3, -0.25) is 10.1 Å². The van der Waals surface area contributed by atoms with Crippen molar-refractivity contribution in [3.05, 3.63) is 27.7 Å². The van der Waals surface area contributed by atoms with Crippen LogP contribution in [0.1, 0.15) is 25.0 Å². The second-order valence-corrected chi connectivity index (χ2v) is 5.85. The molecule has 0 spiro atoms. The SMILES string of the molecule is CC(C)(NCc1cc(Br)cc2c1OCC2)C(=O)O. The zero-order chi connectivity index (χ0) is 13.3. The highest BCUT2D eigenvalue weighted by Gasteiger charge is 2.27. The Labute approximate surface area is 114 Å². The van der Waals surface area contributed by atoms with Crippen molar-refractivity contribution in [2.75, 3.05) is 6.61 Å². The summed E-state index contributed by atoms with van der Waals surface area (Å²) < 4.78 is 6.60. The summed E-state index contributed by atoms with van der Waals surface area (Å²) >= 11 is 3.47. The Hall–Kier alpha value is -1.07. The lowest BCUT2D eigenvalue weighted by atomic mass is 10.0. The Morgan fingerprint density at radius 3 is 2.94 bits per heavy atom. The van der Waals surface area contributed by atoms with Crippen LogP contribution in [0.3, 0.4) is 0 Å². The highest BCUT2D eigenvalue weighted by atomic mass is 79.9. The van der Waals surface area contributed by atoms with Crippen LogP contribution in [-0.2, 0) is 17.8 Å². The third-order valence-corrected chi connectivity index (χ3v) is 3.54. The molecule has 1 aromatic carbocycles. The van der Waals surface area contributed by atoms with Gasteiger partial charge in [0.15, 0.2) is 0 Å². The van der Waals surface area contributed by atoms with Crippen LogP contribution in [-0.4, -0.2) is 23.2 Å². The zero-order valence-corrected chi connectivity index (χ0v) is 12.0. The number of halogens is 1. The number of ether oxygens (including phenoxy) is 1.